The van der Waals surface area contributed by atoms with Crippen molar-refractivity contribution in [1.82, 2.24) is 0 Å². The van der Waals surface area contributed by atoms with Crippen LogP contribution in [-0.2, 0) is 18.3 Å². The summed E-state index contributed by atoms with van der Waals surface area (Å²) < 4.78 is 0. The van der Waals surface area contributed by atoms with Crippen molar-refractivity contribution >= 4 is 11.6 Å². The molecule has 0 nitrogen and oxygen atoms in total. The molecule has 0 saturated carbocycles. The maximum atomic E-state index is 6.49. The van der Waals surface area contributed by atoms with Gasteiger partial charge in [0, 0.05) is 11.3 Å². The number of halogens is 1. The fourth-order valence-corrected chi connectivity index (χ4v) is 4.31. The zero-order valence-corrected chi connectivity index (χ0v) is 13.7. The summed E-state index contributed by atoms with van der Waals surface area (Å²) in [6.07, 6.45) is 4.69. The van der Waals surface area contributed by atoms with Crippen molar-refractivity contribution in [2.45, 2.75) is 44.9 Å². The van der Waals surface area contributed by atoms with E-state index in [4.69, 9.17) is 11.6 Å². The number of aryl methyl sites for hydroxylation is 3. The van der Waals surface area contributed by atoms with Crippen LogP contribution in [0.4, 0.5) is 0 Å². The van der Waals surface area contributed by atoms with Gasteiger partial charge in [0.1, 0.15) is 0 Å². The van der Waals surface area contributed by atoms with Crippen LogP contribution in [-0.4, -0.2) is 5.88 Å². The third-order valence-electron chi connectivity index (χ3n) is 4.77. The summed E-state index contributed by atoms with van der Waals surface area (Å²) >= 11 is 6.49. The molecule has 21 heavy (non-hydrogen) atoms. The van der Waals surface area contributed by atoms with Crippen molar-refractivity contribution in [3.63, 3.8) is 0 Å². The molecule has 3 rings (SSSR count). The van der Waals surface area contributed by atoms with Gasteiger partial charge >= 0.3 is 0 Å². The van der Waals surface area contributed by atoms with Gasteiger partial charge in [-0.05, 0) is 56.2 Å². The van der Waals surface area contributed by atoms with E-state index in [0.29, 0.717) is 5.88 Å². The summed E-state index contributed by atoms with van der Waals surface area (Å²) in [5.41, 5.74) is 7.19. The molecular weight excluding hydrogens is 276 g/mol. The van der Waals surface area contributed by atoms with E-state index in [-0.39, 0.29) is 5.41 Å². The van der Waals surface area contributed by atoms with Gasteiger partial charge in [0.05, 0.1) is 0 Å². The van der Waals surface area contributed by atoms with E-state index in [0.717, 1.165) is 6.42 Å². The molecule has 1 heteroatoms. The highest BCUT2D eigenvalue weighted by Crippen LogP contribution is 2.41. The number of alkyl halides is 1. The first-order chi connectivity index (χ1) is 10.1. The van der Waals surface area contributed by atoms with Gasteiger partial charge in [0.2, 0.25) is 0 Å². The Balaban J connectivity index is 2.02. The van der Waals surface area contributed by atoms with E-state index in [9.17, 15) is 0 Å². The van der Waals surface area contributed by atoms with Gasteiger partial charge in [0.15, 0.2) is 0 Å². The lowest BCUT2D eigenvalue weighted by Crippen LogP contribution is -2.35. The molecule has 0 aromatic heterocycles. The first-order valence-electron chi connectivity index (χ1n) is 7.84. The molecule has 0 spiro atoms. The highest BCUT2D eigenvalue weighted by atomic mass is 35.5. The monoisotopic (exact) mass is 298 g/mol. The van der Waals surface area contributed by atoms with Crippen LogP contribution in [0.2, 0.25) is 0 Å². The predicted molar refractivity (Wildman–Crippen MR) is 91.4 cm³/mol. The smallest absolute Gasteiger partial charge is 0.0323 e. The second kappa shape index (κ2) is 5.85. The van der Waals surface area contributed by atoms with Gasteiger partial charge in [-0.3, -0.25) is 0 Å². The van der Waals surface area contributed by atoms with Gasteiger partial charge in [-0.15, -0.1) is 11.6 Å². The average molecular weight is 299 g/mol. The number of fused-ring (bicyclic) bond motifs is 1. The Kier molecular flexibility index (Phi) is 4.08. The molecule has 0 radical (unpaired) electrons. The third-order valence-corrected chi connectivity index (χ3v) is 5.28. The molecule has 1 unspecified atom stereocenters. The predicted octanol–water partition coefficient (Wildman–Crippen LogP) is 5.36. The van der Waals surface area contributed by atoms with Crippen molar-refractivity contribution in [3.05, 3.63) is 70.3 Å². The Bertz CT molecular complexity index is 624. The Morgan fingerprint density at radius 3 is 2.48 bits per heavy atom. The molecule has 1 aliphatic rings. The first-order valence-corrected chi connectivity index (χ1v) is 8.38. The lowest BCUT2D eigenvalue weighted by Gasteiger charge is -2.38. The first kappa shape index (κ1) is 14.7. The van der Waals surface area contributed by atoms with E-state index in [2.05, 4.69) is 56.3 Å². The lowest BCUT2D eigenvalue weighted by molar-refractivity contribution is 0.396. The molecular formula is C20H23Cl. The molecule has 0 saturated heterocycles. The molecule has 2 aromatic carbocycles. The van der Waals surface area contributed by atoms with E-state index in [1.165, 1.54) is 47.1 Å². The van der Waals surface area contributed by atoms with Gasteiger partial charge in [0.25, 0.3) is 0 Å². The van der Waals surface area contributed by atoms with Crippen LogP contribution in [0.5, 0.6) is 0 Å². The summed E-state index contributed by atoms with van der Waals surface area (Å²) in [7, 11) is 0. The standard InChI is InChI=1S/C20H23Cl/c1-15-10-16(2)12-17(11-15)13-20(14-21)9-5-7-18-6-3-4-8-19(18)20/h3-4,6,8,10-12H,5,7,9,13-14H2,1-2H3. The molecule has 0 heterocycles. The maximum Gasteiger partial charge on any atom is 0.0323 e. The van der Waals surface area contributed by atoms with E-state index in [1.54, 1.807) is 0 Å². The Hall–Kier alpha value is -1.27. The minimum absolute atomic E-state index is 0.108. The molecule has 1 aliphatic carbocycles. The van der Waals surface area contributed by atoms with Crippen molar-refractivity contribution in [2.24, 2.45) is 0 Å². The molecule has 0 amide bonds. The van der Waals surface area contributed by atoms with Crippen LogP contribution in [0.15, 0.2) is 42.5 Å². The topological polar surface area (TPSA) is 0 Å². The summed E-state index contributed by atoms with van der Waals surface area (Å²) in [4.78, 5) is 0. The fourth-order valence-electron chi connectivity index (χ4n) is 3.94. The van der Waals surface area contributed by atoms with Crippen LogP contribution in [0.1, 0.15) is 40.7 Å². The Labute approximate surface area is 133 Å². The zero-order chi connectivity index (χ0) is 14.9. The molecule has 2 aromatic rings. The normalized spacial score (nSPS) is 21.1. The largest absolute Gasteiger partial charge is 0.126 e. The Morgan fingerprint density at radius 2 is 1.76 bits per heavy atom. The minimum atomic E-state index is 0.108. The summed E-state index contributed by atoms with van der Waals surface area (Å²) in [5, 5.41) is 0. The zero-order valence-electron chi connectivity index (χ0n) is 13.0. The molecule has 110 valence electrons. The molecule has 0 fully saturated rings. The summed E-state index contributed by atoms with van der Waals surface area (Å²) in [6.45, 7) is 4.36. The highest BCUT2D eigenvalue weighted by molar-refractivity contribution is 6.18. The fraction of sp³-hybridized carbons (Fsp3) is 0.400. The highest BCUT2D eigenvalue weighted by Gasteiger charge is 2.35. The van der Waals surface area contributed by atoms with Crippen molar-refractivity contribution in [3.8, 4) is 0 Å². The second-order valence-electron chi connectivity index (χ2n) is 6.60. The number of benzene rings is 2. The van der Waals surface area contributed by atoms with Gasteiger partial charge in [-0.2, -0.15) is 0 Å². The van der Waals surface area contributed by atoms with Crippen LogP contribution in [0, 0.1) is 13.8 Å². The average Bonchev–Trinajstić information content (AvgIpc) is 2.46. The minimum Gasteiger partial charge on any atom is -0.126 e. The Morgan fingerprint density at radius 1 is 1.05 bits per heavy atom. The number of rotatable bonds is 3. The number of hydrogen-bond donors (Lipinski definition) is 0. The summed E-state index contributed by atoms with van der Waals surface area (Å²) in [6, 6.07) is 15.8. The molecule has 0 aliphatic heterocycles. The van der Waals surface area contributed by atoms with Gasteiger partial charge in [-0.25, -0.2) is 0 Å². The van der Waals surface area contributed by atoms with Gasteiger partial charge < -0.3 is 0 Å². The van der Waals surface area contributed by atoms with Crippen molar-refractivity contribution in [1.29, 1.82) is 0 Å². The molecule has 0 N–H and O–H groups in total. The lowest BCUT2D eigenvalue weighted by atomic mass is 9.68. The quantitative estimate of drug-likeness (QED) is 0.669. The molecule has 1 atom stereocenters. The molecule has 0 bridgehead atoms. The van der Waals surface area contributed by atoms with E-state index >= 15 is 0 Å². The van der Waals surface area contributed by atoms with Crippen molar-refractivity contribution in [2.75, 3.05) is 5.88 Å². The van der Waals surface area contributed by atoms with E-state index < -0.39 is 0 Å². The van der Waals surface area contributed by atoms with Crippen LogP contribution in [0.25, 0.3) is 0 Å². The second-order valence-corrected chi connectivity index (χ2v) is 6.86. The third kappa shape index (κ3) is 2.87. The van der Waals surface area contributed by atoms with E-state index in [1.807, 2.05) is 0 Å². The van der Waals surface area contributed by atoms with Crippen molar-refractivity contribution < 1.29 is 0 Å². The maximum absolute atomic E-state index is 6.49. The van der Waals surface area contributed by atoms with Crippen LogP contribution < -0.4 is 0 Å². The van der Waals surface area contributed by atoms with Crippen LogP contribution in [0.3, 0.4) is 0 Å². The number of hydrogen-bond acceptors (Lipinski definition) is 0. The van der Waals surface area contributed by atoms with Crippen LogP contribution >= 0.6 is 11.6 Å². The SMILES string of the molecule is Cc1cc(C)cc(CC2(CCl)CCCc3ccccc32)c1. The summed E-state index contributed by atoms with van der Waals surface area (Å²) in [5.74, 6) is 0.705. The van der Waals surface area contributed by atoms with Gasteiger partial charge in [-0.1, -0.05) is 53.6 Å².